The van der Waals surface area contributed by atoms with Crippen molar-refractivity contribution in [1.29, 1.82) is 0 Å². The molecule has 0 amide bonds. The molecule has 0 bridgehead atoms. The first-order valence-corrected chi connectivity index (χ1v) is 11.3. The van der Waals surface area contributed by atoms with Gasteiger partial charge in [0.1, 0.15) is 6.33 Å². The monoisotopic (exact) mass is 460 g/mol. The molecule has 3 heterocycles. The average Bonchev–Trinajstić information content (AvgIpc) is 3.35. The highest BCUT2D eigenvalue weighted by molar-refractivity contribution is 7.15. The van der Waals surface area contributed by atoms with Crippen LogP contribution < -0.4 is 21.6 Å². The van der Waals surface area contributed by atoms with Crippen LogP contribution in [0.2, 0.25) is 0 Å². The Bertz CT molecular complexity index is 1150. The molecule has 0 aliphatic carbocycles. The third-order valence-corrected chi connectivity index (χ3v) is 6.89. The number of nitrogens with two attached hydrogens (primary N) is 1. The predicted molar refractivity (Wildman–Crippen MR) is 123 cm³/mol. The normalized spacial score (nSPS) is 14.1. The summed E-state index contributed by atoms with van der Waals surface area (Å²) in [4.78, 5) is 17.1. The molecule has 2 aromatic heterocycles. The molecule has 0 radical (unpaired) electrons. The summed E-state index contributed by atoms with van der Waals surface area (Å²) in [5.74, 6) is 0. The number of benzene rings is 1. The van der Waals surface area contributed by atoms with Gasteiger partial charge in [0, 0.05) is 53.7 Å². The van der Waals surface area contributed by atoms with E-state index in [1.807, 2.05) is 6.92 Å². The maximum atomic E-state index is 12.9. The Morgan fingerprint density at radius 1 is 1.22 bits per heavy atom. The molecular weight excluding hydrogens is 434 g/mol. The van der Waals surface area contributed by atoms with Crippen LogP contribution in [0.4, 0.5) is 14.5 Å². The van der Waals surface area contributed by atoms with Crippen molar-refractivity contribution in [2.24, 2.45) is 5.73 Å². The molecule has 3 aromatic rings. The number of hydrogen-bond donors (Lipinski definition) is 2. The standard InChI is InChI=1S/C22H26F2N6OS/c1-15-10-19(16-2-4-18(5-3-16)28-8-6-26-7-9-28)32-20(15)13-29-14-27-30(22(29)31)12-17(11-25)21(23)24/h2-5,10,14,26H,6-9,11-13,25H2,1H3. The van der Waals surface area contributed by atoms with Gasteiger partial charge in [-0.1, -0.05) is 12.1 Å². The van der Waals surface area contributed by atoms with Crippen molar-refractivity contribution < 1.29 is 8.78 Å². The number of nitrogens with zero attached hydrogens (tertiary/aromatic N) is 4. The van der Waals surface area contributed by atoms with Gasteiger partial charge in [0.25, 0.3) is 6.08 Å². The van der Waals surface area contributed by atoms with Gasteiger partial charge < -0.3 is 16.0 Å². The third kappa shape index (κ3) is 4.82. The van der Waals surface area contributed by atoms with E-state index in [-0.39, 0.29) is 18.7 Å². The zero-order valence-corrected chi connectivity index (χ0v) is 18.7. The van der Waals surface area contributed by atoms with Gasteiger partial charge in [-0.2, -0.15) is 13.9 Å². The van der Waals surface area contributed by atoms with E-state index in [4.69, 9.17) is 5.73 Å². The molecule has 32 heavy (non-hydrogen) atoms. The van der Waals surface area contributed by atoms with Crippen molar-refractivity contribution in [2.75, 3.05) is 37.6 Å². The van der Waals surface area contributed by atoms with Crippen molar-refractivity contribution in [3.63, 3.8) is 0 Å². The molecule has 10 heteroatoms. The largest absolute Gasteiger partial charge is 0.369 e. The number of rotatable bonds is 7. The zero-order chi connectivity index (χ0) is 22.7. The second kappa shape index (κ2) is 9.76. The highest BCUT2D eigenvalue weighted by Gasteiger charge is 2.14. The van der Waals surface area contributed by atoms with Crippen LogP contribution >= 0.6 is 11.3 Å². The minimum absolute atomic E-state index is 0.295. The fraction of sp³-hybridized carbons (Fsp3) is 0.364. The number of piperazine rings is 1. The molecule has 7 nitrogen and oxygen atoms in total. The summed E-state index contributed by atoms with van der Waals surface area (Å²) in [7, 11) is 0. The number of halogens is 2. The number of aryl methyl sites for hydroxylation is 1. The molecule has 1 aliphatic rings. The second-order valence-corrected chi connectivity index (χ2v) is 8.90. The van der Waals surface area contributed by atoms with Gasteiger partial charge in [-0.3, -0.25) is 4.57 Å². The van der Waals surface area contributed by atoms with Crippen molar-refractivity contribution in [3.05, 3.63) is 69.2 Å². The third-order valence-electron chi connectivity index (χ3n) is 5.62. The SMILES string of the molecule is Cc1cc(-c2ccc(N3CCNCC3)cc2)sc1Cn1cnn(CC(CN)=C(F)F)c1=O. The first-order chi connectivity index (χ1) is 15.5. The second-order valence-electron chi connectivity index (χ2n) is 7.77. The van der Waals surface area contributed by atoms with Crippen LogP contribution in [0.5, 0.6) is 0 Å². The number of nitrogens with one attached hydrogen (secondary N) is 1. The van der Waals surface area contributed by atoms with Gasteiger partial charge in [0.2, 0.25) is 0 Å². The van der Waals surface area contributed by atoms with Crippen LogP contribution in [-0.2, 0) is 13.1 Å². The van der Waals surface area contributed by atoms with Crippen LogP contribution in [0.25, 0.3) is 10.4 Å². The Kier molecular flexibility index (Phi) is 6.83. The molecule has 0 saturated carbocycles. The highest BCUT2D eigenvalue weighted by atomic mass is 32.1. The van der Waals surface area contributed by atoms with Crippen LogP contribution in [0.3, 0.4) is 0 Å². The minimum Gasteiger partial charge on any atom is -0.369 e. The van der Waals surface area contributed by atoms with Gasteiger partial charge in [0.05, 0.1) is 13.1 Å². The molecule has 1 aromatic carbocycles. The van der Waals surface area contributed by atoms with Crippen molar-refractivity contribution in [1.82, 2.24) is 19.7 Å². The molecule has 4 rings (SSSR count). The molecule has 1 saturated heterocycles. The predicted octanol–water partition coefficient (Wildman–Crippen LogP) is 2.65. The minimum atomic E-state index is -1.87. The average molecular weight is 461 g/mol. The first kappa shape index (κ1) is 22.4. The fourth-order valence-electron chi connectivity index (χ4n) is 3.70. The van der Waals surface area contributed by atoms with E-state index in [1.165, 1.54) is 16.6 Å². The zero-order valence-electron chi connectivity index (χ0n) is 17.9. The topological polar surface area (TPSA) is 81.1 Å². The van der Waals surface area contributed by atoms with E-state index in [2.05, 4.69) is 45.6 Å². The van der Waals surface area contributed by atoms with Crippen LogP contribution in [0.15, 0.2) is 53.1 Å². The number of anilines is 1. The summed E-state index contributed by atoms with van der Waals surface area (Å²) in [5.41, 5.74) is 8.03. The Morgan fingerprint density at radius 3 is 2.59 bits per heavy atom. The van der Waals surface area contributed by atoms with Crippen molar-refractivity contribution in [3.8, 4) is 10.4 Å². The van der Waals surface area contributed by atoms with E-state index >= 15 is 0 Å². The van der Waals surface area contributed by atoms with Gasteiger partial charge in [-0.15, -0.1) is 11.3 Å². The highest BCUT2D eigenvalue weighted by Crippen LogP contribution is 2.32. The first-order valence-electron chi connectivity index (χ1n) is 10.5. The lowest BCUT2D eigenvalue weighted by Gasteiger charge is -2.29. The van der Waals surface area contributed by atoms with Crippen LogP contribution in [0, 0.1) is 6.92 Å². The van der Waals surface area contributed by atoms with E-state index in [0.29, 0.717) is 6.54 Å². The van der Waals surface area contributed by atoms with Gasteiger partial charge >= 0.3 is 5.69 Å². The summed E-state index contributed by atoms with van der Waals surface area (Å²) in [6.45, 7) is 5.73. The molecule has 0 atom stereocenters. The maximum Gasteiger partial charge on any atom is 0.346 e. The smallest absolute Gasteiger partial charge is 0.346 e. The van der Waals surface area contributed by atoms with E-state index in [9.17, 15) is 13.6 Å². The summed E-state index contributed by atoms with van der Waals surface area (Å²) in [6, 6.07) is 10.7. The Morgan fingerprint density at radius 2 is 1.94 bits per heavy atom. The van der Waals surface area contributed by atoms with Crippen molar-refractivity contribution in [2.45, 2.75) is 20.0 Å². The number of hydrogen-bond acceptors (Lipinski definition) is 6. The molecule has 3 N–H and O–H groups in total. The summed E-state index contributed by atoms with van der Waals surface area (Å²) >= 11 is 1.62. The van der Waals surface area contributed by atoms with Crippen LogP contribution in [0.1, 0.15) is 10.4 Å². The van der Waals surface area contributed by atoms with E-state index < -0.39 is 11.8 Å². The summed E-state index contributed by atoms with van der Waals surface area (Å²) in [6.07, 6.45) is -0.482. The lowest BCUT2D eigenvalue weighted by molar-refractivity contribution is 0.400. The van der Waals surface area contributed by atoms with E-state index in [1.54, 1.807) is 11.3 Å². The molecule has 0 unspecified atom stereocenters. The fourth-order valence-corrected chi connectivity index (χ4v) is 4.88. The van der Waals surface area contributed by atoms with E-state index in [0.717, 1.165) is 51.7 Å². The number of thiophene rings is 1. The summed E-state index contributed by atoms with van der Waals surface area (Å²) in [5, 5.41) is 7.33. The Labute approximate surface area is 188 Å². The summed E-state index contributed by atoms with van der Waals surface area (Å²) < 4.78 is 28.2. The molecule has 1 fully saturated rings. The lowest BCUT2D eigenvalue weighted by atomic mass is 10.1. The maximum absolute atomic E-state index is 12.9. The molecular formula is C22H26F2N6OS. The van der Waals surface area contributed by atoms with Crippen molar-refractivity contribution >= 4 is 17.0 Å². The Hall–Kier alpha value is -2.82. The molecule has 1 aliphatic heterocycles. The molecule has 170 valence electrons. The van der Waals surface area contributed by atoms with Gasteiger partial charge in [-0.05, 0) is 36.2 Å². The molecule has 0 spiro atoms. The lowest BCUT2D eigenvalue weighted by Crippen LogP contribution is -2.43. The quantitative estimate of drug-likeness (QED) is 0.567. The Balaban J connectivity index is 1.50. The number of aromatic nitrogens is 3. The van der Waals surface area contributed by atoms with Crippen LogP contribution in [-0.4, -0.2) is 47.1 Å². The van der Waals surface area contributed by atoms with Gasteiger partial charge in [-0.25, -0.2) is 9.48 Å². The van der Waals surface area contributed by atoms with Gasteiger partial charge in [0.15, 0.2) is 0 Å².